The Morgan fingerprint density at radius 1 is 1.25 bits per heavy atom. The first-order valence-corrected chi connectivity index (χ1v) is 8.10. The van der Waals surface area contributed by atoms with Crippen molar-refractivity contribution >= 4 is 5.91 Å². The number of hydrogen-bond acceptors (Lipinski definition) is 6. The summed E-state index contributed by atoms with van der Waals surface area (Å²) < 4.78 is 16.3. The summed E-state index contributed by atoms with van der Waals surface area (Å²) in [6.07, 6.45) is 0.696. The first kappa shape index (κ1) is 16.3. The summed E-state index contributed by atoms with van der Waals surface area (Å²) in [5, 5.41) is 3.88. The van der Waals surface area contributed by atoms with E-state index in [0.29, 0.717) is 48.4 Å². The smallest absolute Gasteiger partial charge is 0.254 e. The van der Waals surface area contributed by atoms with Crippen LogP contribution in [0.15, 0.2) is 22.7 Å². The molecule has 0 spiro atoms. The highest BCUT2D eigenvalue weighted by molar-refractivity contribution is 5.95. The highest BCUT2D eigenvalue weighted by atomic mass is 16.6. The summed E-state index contributed by atoms with van der Waals surface area (Å²) in [6.45, 7) is 7.14. The average molecular weight is 331 g/mol. The summed E-state index contributed by atoms with van der Waals surface area (Å²) in [5.41, 5.74) is 0.545. The number of aryl methyl sites for hydroxylation is 1. The molecule has 7 nitrogen and oxygen atoms in total. The van der Waals surface area contributed by atoms with Gasteiger partial charge in [-0.1, -0.05) is 12.1 Å². The van der Waals surface area contributed by atoms with Crippen LogP contribution in [0.3, 0.4) is 0 Å². The van der Waals surface area contributed by atoms with Crippen molar-refractivity contribution in [3.05, 3.63) is 35.5 Å². The average Bonchev–Trinajstić information content (AvgIpc) is 3.06. The van der Waals surface area contributed by atoms with Gasteiger partial charge >= 0.3 is 0 Å². The van der Waals surface area contributed by atoms with E-state index in [-0.39, 0.29) is 18.5 Å². The molecule has 0 bridgehead atoms. The van der Waals surface area contributed by atoms with Crippen LogP contribution in [0.2, 0.25) is 0 Å². The Balaban J connectivity index is 1.81. The van der Waals surface area contributed by atoms with Crippen molar-refractivity contribution in [1.29, 1.82) is 0 Å². The number of amides is 1. The minimum Gasteiger partial charge on any atom is -0.486 e. The van der Waals surface area contributed by atoms with E-state index >= 15 is 0 Å². The molecule has 0 radical (unpaired) electrons. The molecule has 0 N–H and O–H groups in total. The second-order valence-electron chi connectivity index (χ2n) is 5.84. The summed E-state index contributed by atoms with van der Waals surface area (Å²) in [6, 6.07) is 5.22. The number of fused-ring (bicyclic) bond motifs is 1. The maximum atomic E-state index is 12.9. The second-order valence-corrected chi connectivity index (χ2v) is 5.84. The molecular formula is C17H21N3O4. The molecule has 1 aliphatic rings. The lowest BCUT2D eigenvalue weighted by molar-refractivity contribution is 0.0666. The largest absolute Gasteiger partial charge is 0.486 e. The van der Waals surface area contributed by atoms with E-state index in [4.69, 9.17) is 14.0 Å². The van der Waals surface area contributed by atoms with Crippen molar-refractivity contribution in [2.75, 3.05) is 13.2 Å². The van der Waals surface area contributed by atoms with Crippen LogP contribution < -0.4 is 9.47 Å². The van der Waals surface area contributed by atoms with Crippen LogP contribution in [0.1, 0.15) is 42.8 Å². The molecule has 7 heteroatoms. The number of benzene rings is 1. The van der Waals surface area contributed by atoms with E-state index in [1.807, 2.05) is 20.8 Å². The minimum atomic E-state index is -0.113. The SMILES string of the molecule is CCc1noc(CN(C(=O)c2ccc3c(c2)OCCO3)C(C)C)n1. The van der Waals surface area contributed by atoms with Gasteiger partial charge in [0, 0.05) is 18.0 Å². The van der Waals surface area contributed by atoms with Crippen molar-refractivity contribution in [2.45, 2.75) is 39.8 Å². The lowest BCUT2D eigenvalue weighted by Crippen LogP contribution is -2.36. The Bertz CT molecular complexity index is 726. The van der Waals surface area contributed by atoms with Gasteiger partial charge in [0.05, 0.1) is 0 Å². The number of ether oxygens (including phenoxy) is 2. The highest BCUT2D eigenvalue weighted by Gasteiger charge is 2.23. The molecule has 1 aromatic heterocycles. The van der Waals surface area contributed by atoms with Crippen LogP contribution >= 0.6 is 0 Å². The van der Waals surface area contributed by atoms with Gasteiger partial charge in [0.25, 0.3) is 5.91 Å². The van der Waals surface area contributed by atoms with Gasteiger partial charge in [0.15, 0.2) is 17.3 Å². The first-order chi connectivity index (χ1) is 11.6. The monoisotopic (exact) mass is 331 g/mol. The van der Waals surface area contributed by atoms with Gasteiger partial charge in [-0.25, -0.2) is 0 Å². The van der Waals surface area contributed by atoms with E-state index in [9.17, 15) is 4.79 Å². The minimum absolute atomic E-state index is 0.0114. The van der Waals surface area contributed by atoms with Crippen LogP contribution in [0.5, 0.6) is 11.5 Å². The van der Waals surface area contributed by atoms with E-state index in [1.165, 1.54) is 0 Å². The summed E-state index contributed by atoms with van der Waals surface area (Å²) in [5.74, 6) is 2.23. The van der Waals surface area contributed by atoms with Crippen molar-refractivity contribution in [3.8, 4) is 11.5 Å². The number of aromatic nitrogens is 2. The Morgan fingerprint density at radius 3 is 2.67 bits per heavy atom. The lowest BCUT2D eigenvalue weighted by atomic mass is 10.1. The molecule has 0 unspecified atom stereocenters. The Morgan fingerprint density at radius 2 is 2.00 bits per heavy atom. The Hall–Kier alpha value is -2.57. The number of carbonyl (C=O) groups excluding carboxylic acids is 1. The van der Waals surface area contributed by atoms with Crippen LogP contribution in [0, 0.1) is 0 Å². The fraction of sp³-hybridized carbons (Fsp3) is 0.471. The Labute approximate surface area is 140 Å². The standard InChI is InChI=1S/C17H21N3O4/c1-4-15-18-16(24-19-15)10-20(11(2)3)17(21)12-5-6-13-14(9-12)23-8-7-22-13/h5-6,9,11H,4,7-8,10H2,1-3H3. The van der Waals surface area contributed by atoms with Gasteiger partial charge < -0.3 is 18.9 Å². The first-order valence-electron chi connectivity index (χ1n) is 8.10. The van der Waals surface area contributed by atoms with Gasteiger partial charge in [-0.15, -0.1) is 0 Å². The number of hydrogen-bond donors (Lipinski definition) is 0. The quantitative estimate of drug-likeness (QED) is 0.837. The van der Waals surface area contributed by atoms with Gasteiger partial charge in [0.2, 0.25) is 5.89 Å². The molecule has 128 valence electrons. The van der Waals surface area contributed by atoms with Crippen LogP contribution in [-0.4, -0.2) is 40.2 Å². The van der Waals surface area contributed by atoms with Crippen molar-refractivity contribution in [1.82, 2.24) is 15.0 Å². The van der Waals surface area contributed by atoms with Gasteiger partial charge in [-0.2, -0.15) is 4.98 Å². The fourth-order valence-electron chi connectivity index (χ4n) is 2.47. The van der Waals surface area contributed by atoms with Gasteiger partial charge in [0.1, 0.15) is 19.8 Å². The lowest BCUT2D eigenvalue weighted by Gasteiger charge is -2.26. The van der Waals surface area contributed by atoms with Gasteiger partial charge in [-0.3, -0.25) is 4.79 Å². The molecular weight excluding hydrogens is 310 g/mol. The van der Waals surface area contributed by atoms with Crippen molar-refractivity contribution in [2.24, 2.45) is 0 Å². The van der Waals surface area contributed by atoms with Crippen molar-refractivity contribution < 1.29 is 18.8 Å². The predicted molar refractivity (Wildman–Crippen MR) is 86.1 cm³/mol. The third kappa shape index (κ3) is 3.34. The maximum Gasteiger partial charge on any atom is 0.254 e. The predicted octanol–water partition coefficient (Wildman–Crippen LogP) is 2.45. The van der Waals surface area contributed by atoms with E-state index in [1.54, 1.807) is 23.1 Å². The zero-order valence-electron chi connectivity index (χ0n) is 14.1. The normalized spacial score (nSPS) is 13.2. The number of carbonyl (C=O) groups is 1. The number of rotatable bonds is 5. The Kier molecular flexibility index (Phi) is 4.69. The van der Waals surface area contributed by atoms with Gasteiger partial charge in [-0.05, 0) is 32.0 Å². The highest BCUT2D eigenvalue weighted by Crippen LogP contribution is 2.31. The molecule has 2 aromatic rings. The molecule has 1 aliphatic heterocycles. The van der Waals surface area contributed by atoms with Crippen LogP contribution in [0.25, 0.3) is 0 Å². The van der Waals surface area contributed by atoms with E-state index < -0.39 is 0 Å². The summed E-state index contributed by atoms with van der Waals surface area (Å²) >= 11 is 0. The second kappa shape index (κ2) is 6.90. The topological polar surface area (TPSA) is 77.7 Å². The third-order valence-corrected chi connectivity index (χ3v) is 3.81. The molecule has 0 saturated carbocycles. The maximum absolute atomic E-state index is 12.9. The third-order valence-electron chi connectivity index (χ3n) is 3.81. The van der Waals surface area contributed by atoms with E-state index in [0.717, 1.165) is 0 Å². The molecule has 2 heterocycles. The van der Waals surface area contributed by atoms with Crippen LogP contribution in [-0.2, 0) is 13.0 Å². The fourth-order valence-corrected chi connectivity index (χ4v) is 2.47. The molecule has 1 amide bonds. The summed E-state index contributed by atoms with van der Waals surface area (Å²) in [7, 11) is 0. The number of nitrogens with zero attached hydrogens (tertiary/aromatic N) is 3. The molecule has 1 aromatic carbocycles. The molecule has 0 fully saturated rings. The van der Waals surface area contributed by atoms with Crippen molar-refractivity contribution in [3.63, 3.8) is 0 Å². The molecule has 3 rings (SSSR count). The molecule has 0 atom stereocenters. The molecule has 0 aliphatic carbocycles. The van der Waals surface area contributed by atoms with E-state index in [2.05, 4.69) is 10.1 Å². The molecule has 24 heavy (non-hydrogen) atoms. The molecule has 0 saturated heterocycles. The zero-order valence-corrected chi connectivity index (χ0v) is 14.1. The van der Waals surface area contributed by atoms with Crippen LogP contribution in [0.4, 0.5) is 0 Å². The summed E-state index contributed by atoms with van der Waals surface area (Å²) in [4.78, 5) is 18.9. The zero-order chi connectivity index (χ0) is 17.1.